The van der Waals surface area contributed by atoms with Crippen molar-refractivity contribution in [1.82, 2.24) is 9.24 Å². The second-order valence-corrected chi connectivity index (χ2v) is 7.64. The van der Waals surface area contributed by atoms with E-state index < -0.39 is 17.1 Å². The molecule has 1 aromatic carbocycles. The molecule has 1 aromatic heterocycles. The van der Waals surface area contributed by atoms with Crippen LogP contribution in [0.1, 0.15) is 37.8 Å². The van der Waals surface area contributed by atoms with Gasteiger partial charge in [-0.15, -0.1) is 0 Å². The Hall–Kier alpha value is -2.35. The predicted molar refractivity (Wildman–Crippen MR) is 99.6 cm³/mol. The third kappa shape index (κ3) is 2.43. The monoisotopic (exact) mass is 361 g/mol. The second kappa shape index (κ2) is 5.84. The average Bonchev–Trinajstić information content (AvgIpc) is 3.30. The molecular formula is C18H24FN5O2. The molecule has 4 rings (SSSR count). The van der Waals surface area contributed by atoms with Gasteiger partial charge in [0.2, 0.25) is 0 Å². The molecule has 1 aliphatic carbocycles. The molecule has 140 valence electrons. The highest BCUT2D eigenvalue weighted by Crippen LogP contribution is 2.39. The van der Waals surface area contributed by atoms with E-state index in [0.29, 0.717) is 40.5 Å². The summed E-state index contributed by atoms with van der Waals surface area (Å²) in [5, 5.41) is 0.153. The Kier molecular flexibility index (Phi) is 3.83. The van der Waals surface area contributed by atoms with Crippen molar-refractivity contribution in [3.63, 3.8) is 0 Å². The highest BCUT2D eigenvalue weighted by Gasteiger charge is 2.32. The summed E-state index contributed by atoms with van der Waals surface area (Å²) in [6, 6.07) is 1.28. The topological polar surface area (TPSA) is 99.3 Å². The molecule has 0 spiro atoms. The zero-order valence-corrected chi connectivity index (χ0v) is 15.0. The fraction of sp³-hybridized carbons (Fsp3) is 0.556. The van der Waals surface area contributed by atoms with Gasteiger partial charge in [-0.05, 0) is 45.1 Å². The lowest BCUT2D eigenvalue weighted by molar-refractivity contribution is 0.487. The maximum absolute atomic E-state index is 15.0. The first-order chi connectivity index (χ1) is 12.3. The summed E-state index contributed by atoms with van der Waals surface area (Å²) in [5.74, 6) is 5.49. The number of nitrogens with two attached hydrogens (primary N) is 2. The van der Waals surface area contributed by atoms with Crippen LogP contribution in [0.4, 0.5) is 10.1 Å². The molecule has 2 aromatic rings. The summed E-state index contributed by atoms with van der Waals surface area (Å²) in [5.41, 5.74) is 6.39. The van der Waals surface area contributed by atoms with Crippen molar-refractivity contribution in [2.45, 2.75) is 45.2 Å². The molecule has 7 nitrogen and oxygen atoms in total. The van der Waals surface area contributed by atoms with E-state index in [1.165, 1.54) is 6.07 Å². The van der Waals surface area contributed by atoms with Gasteiger partial charge in [-0.3, -0.25) is 9.36 Å². The Morgan fingerprint density at radius 3 is 2.54 bits per heavy atom. The molecule has 0 bridgehead atoms. The van der Waals surface area contributed by atoms with E-state index in [9.17, 15) is 14.0 Å². The Bertz CT molecular complexity index is 1010. The molecule has 1 aliphatic heterocycles. The molecule has 2 atom stereocenters. The maximum atomic E-state index is 15.0. The lowest BCUT2D eigenvalue weighted by Crippen LogP contribution is -2.44. The Balaban J connectivity index is 1.97. The number of halogens is 1. The van der Waals surface area contributed by atoms with Crippen LogP contribution in [0.5, 0.6) is 0 Å². The number of aryl methyl sites for hydroxylation is 1. The van der Waals surface area contributed by atoms with Crippen LogP contribution >= 0.6 is 0 Å². The molecule has 1 saturated heterocycles. The van der Waals surface area contributed by atoms with E-state index in [0.717, 1.165) is 19.3 Å². The molecule has 8 heteroatoms. The molecule has 4 N–H and O–H groups in total. The fourth-order valence-corrected chi connectivity index (χ4v) is 4.14. The van der Waals surface area contributed by atoms with Crippen molar-refractivity contribution in [3.05, 3.63) is 38.3 Å². The van der Waals surface area contributed by atoms with Crippen molar-refractivity contribution in [3.8, 4) is 0 Å². The summed E-state index contributed by atoms with van der Waals surface area (Å²) in [6.07, 6.45) is 2.61. The van der Waals surface area contributed by atoms with Gasteiger partial charge in [0.1, 0.15) is 5.82 Å². The minimum Gasteiger partial charge on any atom is -0.369 e. The van der Waals surface area contributed by atoms with Crippen LogP contribution in [0, 0.1) is 18.7 Å². The van der Waals surface area contributed by atoms with Gasteiger partial charge in [-0.2, -0.15) is 4.68 Å². The third-order valence-corrected chi connectivity index (χ3v) is 5.76. The number of nitrogen functional groups attached to an aromatic ring is 1. The van der Waals surface area contributed by atoms with Gasteiger partial charge < -0.3 is 16.5 Å². The molecule has 0 unspecified atom stereocenters. The van der Waals surface area contributed by atoms with Crippen LogP contribution < -0.4 is 27.7 Å². The minimum atomic E-state index is -0.662. The number of rotatable bonds is 3. The Morgan fingerprint density at radius 1 is 1.27 bits per heavy atom. The quantitative estimate of drug-likeness (QED) is 0.789. The molecular weight excluding hydrogens is 337 g/mol. The summed E-state index contributed by atoms with van der Waals surface area (Å²) in [7, 11) is 0. The van der Waals surface area contributed by atoms with Crippen molar-refractivity contribution in [1.29, 1.82) is 0 Å². The minimum absolute atomic E-state index is 0.0211. The van der Waals surface area contributed by atoms with Crippen LogP contribution in [-0.4, -0.2) is 28.4 Å². The molecule has 2 fully saturated rings. The van der Waals surface area contributed by atoms with Gasteiger partial charge in [-0.25, -0.2) is 9.18 Å². The number of hydrogen-bond acceptors (Lipinski definition) is 5. The van der Waals surface area contributed by atoms with Crippen LogP contribution in [0.3, 0.4) is 0 Å². The van der Waals surface area contributed by atoms with E-state index >= 15 is 0 Å². The zero-order valence-electron chi connectivity index (χ0n) is 15.0. The molecule has 1 saturated carbocycles. The lowest BCUT2D eigenvalue weighted by Gasteiger charge is -2.24. The highest BCUT2D eigenvalue weighted by molar-refractivity contribution is 5.87. The van der Waals surface area contributed by atoms with Gasteiger partial charge in [0.05, 0.1) is 16.6 Å². The van der Waals surface area contributed by atoms with E-state index in [2.05, 4.69) is 0 Å². The van der Waals surface area contributed by atoms with Crippen LogP contribution in [-0.2, 0) is 0 Å². The molecule has 0 radical (unpaired) electrons. The highest BCUT2D eigenvalue weighted by atomic mass is 19.1. The van der Waals surface area contributed by atoms with Crippen molar-refractivity contribution in [2.24, 2.45) is 11.7 Å². The van der Waals surface area contributed by atoms with E-state index in [1.54, 1.807) is 11.5 Å². The maximum Gasteiger partial charge on any atom is 0.350 e. The van der Waals surface area contributed by atoms with Crippen LogP contribution in [0.2, 0.25) is 0 Å². The van der Waals surface area contributed by atoms with Gasteiger partial charge in [0.25, 0.3) is 5.56 Å². The van der Waals surface area contributed by atoms with Gasteiger partial charge in [0, 0.05) is 30.7 Å². The number of aromatic nitrogens is 2. The summed E-state index contributed by atoms with van der Waals surface area (Å²) < 4.78 is 17.1. The van der Waals surface area contributed by atoms with Crippen LogP contribution in [0.15, 0.2) is 15.7 Å². The van der Waals surface area contributed by atoms with E-state index in [4.69, 9.17) is 11.6 Å². The number of anilines is 1. The first kappa shape index (κ1) is 17.1. The zero-order chi connectivity index (χ0) is 18.7. The van der Waals surface area contributed by atoms with E-state index in [-0.39, 0.29) is 17.5 Å². The normalized spacial score (nSPS) is 21.5. The summed E-state index contributed by atoms with van der Waals surface area (Å²) in [4.78, 5) is 27.0. The lowest BCUT2D eigenvalue weighted by atomic mass is 10.0. The number of nitrogens with zero attached hydrogens (tertiary/aromatic N) is 3. The first-order valence-corrected chi connectivity index (χ1v) is 9.07. The Morgan fingerprint density at radius 2 is 1.96 bits per heavy atom. The third-order valence-electron chi connectivity index (χ3n) is 5.76. The molecule has 26 heavy (non-hydrogen) atoms. The number of hydrogen-bond donors (Lipinski definition) is 2. The molecule has 2 aliphatic rings. The summed E-state index contributed by atoms with van der Waals surface area (Å²) in [6.45, 7) is 5.12. The Labute approximate surface area is 150 Å². The van der Waals surface area contributed by atoms with Crippen molar-refractivity contribution < 1.29 is 4.39 Å². The van der Waals surface area contributed by atoms with Gasteiger partial charge in [0.15, 0.2) is 0 Å². The SMILES string of the molecule is Cc1c(N2CC[C@H]([C@@H](C)N)C2)c(F)cc2c(=O)n(N)c(=O)n(C3CC3)c12. The standard InChI is InChI=1S/C18H24FN5O2/c1-9-15-13(17(25)24(21)18(26)23(15)12-3-4-12)7-14(19)16(9)22-6-5-11(8-22)10(2)20/h7,10-12H,3-6,8,20-21H2,1-2H3/t10-,11+/m1/s1. The second-order valence-electron chi connectivity index (χ2n) is 7.64. The predicted octanol–water partition coefficient (Wildman–Crippen LogP) is 0.833. The van der Waals surface area contributed by atoms with Crippen molar-refractivity contribution in [2.75, 3.05) is 23.8 Å². The average molecular weight is 361 g/mol. The largest absolute Gasteiger partial charge is 0.369 e. The number of benzene rings is 1. The van der Waals surface area contributed by atoms with E-state index in [1.807, 2.05) is 11.8 Å². The fourth-order valence-electron chi connectivity index (χ4n) is 4.14. The van der Waals surface area contributed by atoms with Crippen molar-refractivity contribution >= 4 is 16.6 Å². The van der Waals surface area contributed by atoms with Gasteiger partial charge in [-0.1, -0.05) is 0 Å². The number of fused-ring (bicyclic) bond motifs is 1. The molecule has 2 heterocycles. The van der Waals surface area contributed by atoms with Gasteiger partial charge >= 0.3 is 5.69 Å². The smallest absolute Gasteiger partial charge is 0.350 e. The van der Waals surface area contributed by atoms with Crippen LogP contribution in [0.25, 0.3) is 10.9 Å². The summed E-state index contributed by atoms with van der Waals surface area (Å²) >= 11 is 0. The first-order valence-electron chi connectivity index (χ1n) is 9.07. The molecule has 0 amide bonds.